The number of sulfonamides is 1. The molecule has 174 valence electrons. The number of aromatic carboxylic acids is 1. The highest BCUT2D eigenvalue weighted by molar-refractivity contribution is 7.89. The van der Waals surface area contributed by atoms with Gasteiger partial charge in [0.15, 0.2) is 0 Å². The molecule has 0 bridgehead atoms. The molecule has 0 radical (unpaired) electrons. The van der Waals surface area contributed by atoms with E-state index in [9.17, 15) is 23.1 Å². The van der Waals surface area contributed by atoms with E-state index in [1.807, 2.05) is 32.0 Å². The molecule has 0 amide bonds. The van der Waals surface area contributed by atoms with Crippen LogP contribution in [0.4, 0.5) is 0 Å². The Morgan fingerprint density at radius 1 is 0.912 bits per heavy atom. The maximum Gasteiger partial charge on any atom is 0.252 e. The van der Waals surface area contributed by atoms with Crippen LogP contribution in [-0.4, -0.2) is 23.7 Å². The van der Waals surface area contributed by atoms with Gasteiger partial charge in [-0.25, -0.2) is 8.42 Å². The molecule has 0 aliphatic rings. The number of fused-ring (bicyclic) bond motifs is 1. The average Bonchev–Trinajstić information content (AvgIpc) is 2.81. The zero-order chi connectivity index (χ0) is 24.5. The summed E-state index contributed by atoms with van der Waals surface area (Å²) in [7, 11) is -4.15. The smallest absolute Gasteiger partial charge is 0.252 e. The summed E-state index contributed by atoms with van der Waals surface area (Å²) in [4.78, 5) is 26.8. The van der Waals surface area contributed by atoms with Crippen molar-refractivity contribution < 1.29 is 18.3 Å². The zero-order valence-electron chi connectivity index (χ0n) is 18.7. The number of nitrogens with one attached hydrogen (secondary N) is 1. The number of hydrogen-bond donors (Lipinski definition) is 1. The predicted octanol–water partition coefficient (Wildman–Crippen LogP) is 2.90. The van der Waals surface area contributed by atoms with E-state index >= 15 is 0 Å². The summed E-state index contributed by atoms with van der Waals surface area (Å²) < 4.78 is 28.4. The normalized spacial score (nSPS) is 11.7. The molecule has 4 aromatic rings. The largest absolute Gasteiger partial charge is 0.545 e. The fraction of sp³-hybridized carbons (Fsp3) is 0.154. The van der Waals surface area contributed by atoms with Gasteiger partial charge in [-0.05, 0) is 71.8 Å². The highest BCUT2D eigenvalue weighted by atomic mass is 32.2. The predicted molar refractivity (Wildman–Crippen MR) is 128 cm³/mol. The van der Waals surface area contributed by atoms with E-state index in [0.29, 0.717) is 5.52 Å². The molecular weight excluding hydrogens is 452 g/mol. The maximum absolute atomic E-state index is 13.6. The Morgan fingerprint density at radius 2 is 1.62 bits per heavy atom. The first-order valence-electron chi connectivity index (χ1n) is 10.6. The van der Waals surface area contributed by atoms with Gasteiger partial charge >= 0.3 is 0 Å². The van der Waals surface area contributed by atoms with E-state index in [2.05, 4.69) is 4.98 Å². The molecule has 3 aromatic carbocycles. The van der Waals surface area contributed by atoms with Crippen molar-refractivity contribution in [1.29, 1.82) is 0 Å². The third kappa shape index (κ3) is 4.78. The molecule has 8 heteroatoms. The number of aromatic nitrogens is 1. The molecule has 1 heterocycles. The Morgan fingerprint density at radius 3 is 2.32 bits per heavy atom. The topological polar surface area (TPSA) is 110 Å². The number of hydrogen-bond acceptors (Lipinski definition) is 5. The van der Waals surface area contributed by atoms with Crippen LogP contribution in [0.1, 0.15) is 32.6 Å². The van der Waals surface area contributed by atoms with Crippen molar-refractivity contribution >= 4 is 26.9 Å². The molecular formula is C26H23N2O5S-. The number of nitrogens with zero attached hydrogens (tertiary/aromatic N) is 1. The van der Waals surface area contributed by atoms with Gasteiger partial charge in [0, 0.05) is 24.2 Å². The highest BCUT2D eigenvalue weighted by Gasteiger charge is 2.26. The molecule has 0 spiro atoms. The van der Waals surface area contributed by atoms with E-state index in [4.69, 9.17) is 0 Å². The van der Waals surface area contributed by atoms with Crippen LogP contribution < -0.4 is 10.7 Å². The summed E-state index contributed by atoms with van der Waals surface area (Å²) in [5.74, 6) is -1.47. The molecule has 0 fully saturated rings. The number of aromatic amines is 1. The number of carbonyl (C=O) groups is 1. The minimum Gasteiger partial charge on any atom is -0.545 e. The van der Waals surface area contributed by atoms with Crippen molar-refractivity contribution in [3.8, 4) is 0 Å². The van der Waals surface area contributed by atoms with E-state index in [1.54, 1.807) is 30.3 Å². The number of aryl methyl sites for hydroxylation is 2. The van der Waals surface area contributed by atoms with Crippen LogP contribution in [-0.2, 0) is 23.1 Å². The quantitative estimate of drug-likeness (QED) is 0.442. The highest BCUT2D eigenvalue weighted by Crippen LogP contribution is 2.23. The van der Waals surface area contributed by atoms with Gasteiger partial charge in [-0.1, -0.05) is 42.5 Å². The number of rotatable bonds is 7. The van der Waals surface area contributed by atoms with Crippen LogP contribution in [0.5, 0.6) is 0 Å². The van der Waals surface area contributed by atoms with E-state index in [0.717, 1.165) is 28.1 Å². The number of benzene rings is 3. The fourth-order valence-electron chi connectivity index (χ4n) is 3.77. The van der Waals surface area contributed by atoms with E-state index in [1.165, 1.54) is 22.5 Å². The average molecular weight is 476 g/mol. The van der Waals surface area contributed by atoms with E-state index in [-0.39, 0.29) is 34.7 Å². The molecule has 34 heavy (non-hydrogen) atoms. The Kier molecular flexibility index (Phi) is 6.37. The number of H-pyrrole nitrogens is 1. The maximum atomic E-state index is 13.6. The third-order valence-corrected chi connectivity index (χ3v) is 7.58. The van der Waals surface area contributed by atoms with Gasteiger partial charge in [0.05, 0.1) is 10.9 Å². The molecule has 1 aromatic heterocycles. The standard InChI is InChI=1S/C26H24N2O5S/c1-17-11-21-13-22(25(29)27-24(21)12-18(17)2)16-28(15-19-7-4-3-5-8-19)34(32,33)23-10-6-9-20(14-23)26(30)31/h3-14H,15-16H2,1-2H3,(H,27,29)(H,30,31)/p-1. The Hall–Kier alpha value is -3.75. The molecule has 0 saturated heterocycles. The van der Waals surface area contributed by atoms with Crippen molar-refractivity contribution in [2.45, 2.75) is 31.8 Å². The van der Waals surface area contributed by atoms with Crippen molar-refractivity contribution in [1.82, 2.24) is 9.29 Å². The summed E-state index contributed by atoms with van der Waals surface area (Å²) in [5, 5.41) is 12.1. The van der Waals surface area contributed by atoms with Gasteiger partial charge in [-0.2, -0.15) is 4.31 Å². The van der Waals surface area contributed by atoms with Crippen LogP contribution in [0.25, 0.3) is 10.9 Å². The van der Waals surface area contributed by atoms with Crippen molar-refractivity contribution in [3.63, 3.8) is 0 Å². The van der Waals surface area contributed by atoms with Gasteiger partial charge in [-0.15, -0.1) is 0 Å². The first-order valence-corrected chi connectivity index (χ1v) is 12.1. The van der Waals surface area contributed by atoms with Crippen LogP contribution in [0.3, 0.4) is 0 Å². The molecule has 7 nitrogen and oxygen atoms in total. The van der Waals surface area contributed by atoms with Crippen LogP contribution in [0, 0.1) is 13.8 Å². The Bertz CT molecular complexity index is 1540. The fourth-order valence-corrected chi connectivity index (χ4v) is 5.23. The molecule has 0 aliphatic carbocycles. The second kappa shape index (κ2) is 9.24. The molecule has 0 aliphatic heterocycles. The minimum absolute atomic E-state index is 0.00310. The van der Waals surface area contributed by atoms with Gasteiger partial charge in [0.2, 0.25) is 10.0 Å². The second-order valence-electron chi connectivity index (χ2n) is 8.22. The van der Waals surface area contributed by atoms with Gasteiger partial charge in [0.1, 0.15) is 0 Å². The van der Waals surface area contributed by atoms with Crippen LogP contribution in [0.2, 0.25) is 0 Å². The number of pyridine rings is 1. The lowest BCUT2D eigenvalue weighted by molar-refractivity contribution is -0.255. The molecule has 0 atom stereocenters. The third-order valence-electron chi connectivity index (χ3n) is 5.79. The lowest BCUT2D eigenvalue weighted by Crippen LogP contribution is -2.33. The van der Waals surface area contributed by atoms with Crippen molar-refractivity contribution in [3.05, 3.63) is 111 Å². The van der Waals surface area contributed by atoms with E-state index < -0.39 is 16.0 Å². The van der Waals surface area contributed by atoms with Gasteiger partial charge < -0.3 is 14.9 Å². The number of carbonyl (C=O) groups excluding carboxylic acids is 1. The number of carboxylic acids is 1. The number of carboxylic acid groups (broad SMARTS) is 1. The van der Waals surface area contributed by atoms with Crippen molar-refractivity contribution in [2.24, 2.45) is 0 Å². The zero-order valence-corrected chi connectivity index (χ0v) is 19.6. The monoisotopic (exact) mass is 475 g/mol. The lowest BCUT2D eigenvalue weighted by Gasteiger charge is -2.23. The van der Waals surface area contributed by atoms with Crippen molar-refractivity contribution in [2.75, 3.05) is 0 Å². The molecule has 0 unspecified atom stereocenters. The summed E-state index contributed by atoms with van der Waals surface area (Å²) in [5.41, 5.74) is 3.16. The first-order chi connectivity index (χ1) is 16.1. The van der Waals surface area contributed by atoms with Crippen LogP contribution in [0.15, 0.2) is 82.5 Å². The first kappa shape index (κ1) is 23.4. The molecule has 1 N–H and O–H groups in total. The summed E-state index contributed by atoms with van der Waals surface area (Å²) in [6.07, 6.45) is 0. The van der Waals surface area contributed by atoms with Gasteiger partial charge in [0.25, 0.3) is 5.56 Å². The molecule has 4 rings (SSSR count). The SMILES string of the molecule is Cc1cc2cc(CN(Cc3ccccc3)S(=O)(=O)c3cccc(C(=O)[O-])c3)c(=O)[nH]c2cc1C. The Balaban J connectivity index is 1.80. The van der Waals surface area contributed by atoms with Crippen LogP contribution >= 0.6 is 0 Å². The lowest BCUT2D eigenvalue weighted by atomic mass is 10.0. The van der Waals surface area contributed by atoms with Gasteiger partial charge in [-0.3, -0.25) is 4.79 Å². The minimum atomic E-state index is -4.15. The summed E-state index contributed by atoms with van der Waals surface area (Å²) in [6, 6.07) is 19.6. The summed E-state index contributed by atoms with van der Waals surface area (Å²) in [6.45, 7) is 3.74. The Labute approximate surface area is 197 Å². The summed E-state index contributed by atoms with van der Waals surface area (Å²) >= 11 is 0. The second-order valence-corrected chi connectivity index (χ2v) is 10.2. The molecule has 0 saturated carbocycles.